The molecule has 12 aromatic heterocycles. The number of aromatic nitrogens is 12. The molecule has 0 radical (unpaired) electrons. The highest BCUT2D eigenvalue weighted by Crippen LogP contribution is 2.35. The molecule has 2 fully saturated rings. The number of pyridine rings is 8. The largest absolute Gasteiger partial charge is 0.378 e. The lowest BCUT2D eigenvalue weighted by atomic mass is 10.1. The molecule has 132 heavy (non-hydrogen) atoms. The number of unbranched alkanes of at least 4 members (excludes halogenated alkanes) is 1. The summed E-state index contributed by atoms with van der Waals surface area (Å²) in [7, 11) is 0. The van der Waals surface area contributed by atoms with E-state index in [2.05, 4.69) is 171 Å². The van der Waals surface area contributed by atoms with Gasteiger partial charge in [-0.15, -0.1) is 0 Å². The molecule has 20 rings (SSSR count). The van der Waals surface area contributed by atoms with Crippen molar-refractivity contribution in [2.24, 2.45) is 0 Å². The van der Waals surface area contributed by atoms with Crippen LogP contribution in [0.15, 0.2) is 331 Å². The van der Waals surface area contributed by atoms with E-state index in [-0.39, 0.29) is 34.3 Å². The van der Waals surface area contributed by atoms with E-state index < -0.39 is 0 Å². The molecule has 28 heteroatoms. The second-order valence-electron chi connectivity index (χ2n) is 32.6. The summed E-state index contributed by atoms with van der Waals surface area (Å²) in [4.78, 5) is 110. The van der Waals surface area contributed by atoms with E-state index in [1.165, 1.54) is 11.3 Å². The number of ketones is 1. The zero-order valence-corrected chi connectivity index (χ0v) is 73.6. The number of aryl methyl sites for hydroxylation is 2. The fourth-order valence-corrected chi connectivity index (χ4v) is 16.4. The molecule has 17 aromatic rings. The molecule has 0 atom stereocenters. The van der Waals surface area contributed by atoms with E-state index >= 15 is 0 Å². The average molecular weight is 1760 g/mol. The molecular weight excluding hydrogens is 1660 g/mol. The summed E-state index contributed by atoms with van der Waals surface area (Å²) < 4.78 is 13.3. The number of hydrogen-bond acceptors (Lipinski definition) is 19. The van der Waals surface area contributed by atoms with Gasteiger partial charge in [-0.25, -0.2) is 24.9 Å². The van der Waals surface area contributed by atoms with Crippen molar-refractivity contribution in [2.75, 3.05) is 90.1 Å². The van der Waals surface area contributed by atoms with Gasteiger partial charge in [0.2, 0.25) is 16.7 Å². The lowest BCUT2D eigenvalue weighted by Gasteiger charge is -2.38. The highest BCUT2D eigenvalue weighted by molar-refractivity contribution is 5.99. The number of carbonyl (C=O) groups excluding carboxylic acids is 3. The SMILES string of the molecule is CC(=O)C1=CC(c2ccc(Nc3ccc(N4CCN(C(C)C)CC4)cc3)c3nccn23)=CC1.Cc1ccccc1CNC(=O)c1ccc(Nc2ccc(-c3cc[nH]c(=O)c3)n3ccnc23)cc1.O=C(NCCCCc1ccccc1)c1ccc(Nc2ccc(-c3cc[nH]c(=O)c3)n3ccnc23)cc1.O=c1cc(-c2ccc(Nc3ccc(N4CCOCC4)nc3)c3nccn23)cc[nH]1. The van der Waals surface area contributed by atoms with Crippen molar-refractivity contribution in [3.63, 3.8) is 0 Å². The fraction of sp³-hybridized carbons (Fsp3) is 0.183. The molecule has 1 aliphatic carbocycles. The van der Waals surface area contributed by atoms with Gasteiger partial charge in [0, 0.05) is 195 Å². The van der Waals surface area contributed by atoms with Crippen molar-refractivity contribution < 1.29 is 19.1 Å². The van der Waals surface area contributed by atoms with Crippen LogP contribution < -0.4 is 58.4 Å². The third kappa shape index (κ3) is 21.2. The number of Topliss-reactive ketones (excluding diaryl/α,β-unsaturated/α-hetero) is 1. The summed E-state index contributed by atoms with van der Waals surface area (Å²) in [6.45, 7) is 16.9. The Hall–Kier alpha value is -16.3. The molecule has 0 unspecified atom stereocenters. The summed E-state index contributed by atoms with van der Waals surface area (Å²) in [5.74, 6) is 0.896. The number of carbonyl (C=O) groups is 3. The number of nitrogens with zero attached hydrogens (tertiary/aromatic N) is 12. The second kappa shape index (κ2) is 41.2. The van der Waals surface area contributed by atoms with Crippen LogP contribution in [0.4, 0.5) is 57.0 Å². The topological polar surface area (TPSA) is 323 Å². The van der Waals surface area contributed by atoms with Crippen molar-refractivity contribution in [2.45, 2.75) is 66.0 Å². The first-order valence-corrected chi connectivity index (χ1v) is 44.2. The molecule has 2 amide bonds. The Kier molecular flexibility index (Phi) is 27.4. The van der Waals surface area contributed by atoms with E-state index in [0.717, 1.165) is 207 Å². The number of anilines is 10. The molecule has 5 aromatic carbocycles. The Morgan fingerprint density at radius 1 is 0.447 bits per heavy atom. The van der Waals surface area contributed by atoms with Gasteiger partial charge >= 0.3 is 0 Å². The summed E-state index contributed by atoms with van der Waals surface area (Å²) in [6.07, 6.45) is 29.1. The monoisotopic (exact) mass is 1760 g/mol. The minimum absolute atomic E-state index is 0.0703. The smallest absolute Gasteiger partial charge is 0.251 e. The van der Waals surface area contributed by atoms with Crippen LogP contribution in [0.3, 0.4) is 0 Å². The Morgan fingerprint density at radius 2 is 0.894 bits per heavy atom. The molecule has 0 spiro atoms. The molecule has 3 aliphatic rings. The van der Waals surface area contributed by atoms with Gasteiger partial charge in [0.25, 0.3) is 11.8 Å². The fourth-order valence-electron chi connectivity index (χ4n) is 16.4. The van der Waals surface area contributed by atoms with E-state index in [1.807, 2.05) is 197 Å². The number of morpholine rings is 1. The van der Waals surface area contributed by atoms with Crippen molar-refractivity contribution in [1.82, 2.24) is 73.0 Å². The number of allylic oxidation sites excluding steroid dienone is 4. The van der Waals surface area contributed by atoms with Gasteiger partial charge in [0.05, 0.1) is 70.6 Å². The van der Waals surface area contributed by atoms with Crippen LogP contribution in [0.1, 0.15) is 83.1 Å². The van der Waals surface area contributed by atoms with Crippen molar-refractivity contribution in [3.8, 4) is 33.8 Å². The first-order valence-electron chi connectivity index (χ1n) is 44.2. The lowest BCUT2D eigenvalue weighted by Crippen LogP contribution is -2.48. The molecule has 0 saturated carbocycles. The van der Waals surface area contributed by atoms with Gasteiger partial charge in [-0.05, 0) is 239 Å². The maximum absolute atomic E-state index is 12.6. The maximum Gasteiger partial charge on any atom is 0.251 e. The molecule has 664 valence electrons. The summed E-state index contributed by atoms with van der Waals surface area (Å²) >= 11 is 0. The van der Waals surface area contributed by atoms with E-state index in [9.17, 15) is 28.8 Å². The minimum Gasteiger partial charge on any atom is -0.378 e. The highest BCUT2D eigenvalue weighted by Gasteiger charge is 2.23. The van der Waals surface area contributed by atoms with Crippen LogP contribution >= 0.6 is 0 Å². The third-order valence-corrected chi connectivity index (χ3v) is 23.5. The first kappa shape index (κ1) is 87.7. The number of aromatic amines is 3. The number of amides is 2. The third-order valence-electron chi connectivity index (χ3n) is 23.5. The van der Waals surface area contributed by atoms with Gasteiger partial charge in [-0.3, -0.25) is 51.3 Å². The van der Waals surface area contributed by atoms with Crippen molar-refractivity contribution >= 4 is 103 Å². The standard InChI is InChI=1S/C29H27N5O2.C27H23N5O2.C27H31N5O.C21H20N6O2/c35-27-20-23(15-17-30-27)26-14-13-25(28-31-18-19-34(26)28)33-24-11-9-22(10-12-24)29(36)32-16-5-4-8-21-6-2-1-3-7-21;1-18-4-2-3-5-21(18)17-30-27(34)19-6-8-22(9-7-19)31-23-10-11-24(32-15-14-29-26(23)32)20-12-13-28-25(33)16-20;1-19(2)30-14-16-31(17-15-30)24-8-6-23(7-9-24)29-25-10-11-26(32-13-12-28-27(25)32)22-5-4-21(18-22)20(3)33;28-20-13-15(5-6-22-20)18-3-2-17(21-23-7-8-27(18)21)25-16-1-4-19(24-14-16)26-9-11-29-12-10-26/h1-3,6-7,9-15,17-20,33H,4-5,8,16H2,(H,30,35)(H,32,36);2-16,31H,17H2,1H3,(H,28,33)(H,30,34);5-13,18-19,29H,4,14-17H2,1-3H3;1-8,13-14,25H,9-12H2,(H,22,28). The zero-order chi connectivity index (χ0) is 90.8. The molecule has 9 N–H and O–H groups in total. The predicted octanol–water partition coefficient (Wildman–Crippen LogP) is 17.4. The number of fused-ring (bicyclic) bond motifs is 4. The van der Waals surface area contributed by atoms with E-state index in [1.54, 1.807) is 74.4 Å². The molecule has 14 heterocycles. The van der Waals surface area contributed by atoms with Gasteiger partial charge in [-0.2, -0.15) is 0 Å². The van der Waals surface area contributed by atoms with Crippen molar-refractivity contribution in [3.05, 3.63) is 381 Å². The molecule has 2 saturated heterocycles. The second-order valence-corrected chi connectivity index (χ2v) is 32.6. The quantitative estimate of drug-likeness (QED) is 0.0240. The Labute approximate surface area is 761 Å². The first-order chi connectivity index (χ1) is 64.5. The van der Waals surface area contributed by atoms with Crippen LogP contribution in [-0.4, -0.2) is 145 Å². The normalized spacial score (nSPS) is 13.1. The number of ether oxygens (including phenoxy) is 1. The summed E-state index contributed by atoms with van der Waals surface area (Å²) in [6, 6.07) is 72.6. The minimum atomic E-state index is -0.156. The Balaban J connectivity index is 0.000000123. The number of nitrogens with one attached hydrogen (secondary N) is 9. The van der Waals surface area contributed by atoms with E-state index in [4.69, 9.17) is 4.74 Å². The van der Waals surface area contributed by atoms with Gasteiger partial charge < -0.3 is 61.4 Å². The van der Waals surface area contributed by atoms with Gasteiger partial charge in [0.15, 0.2) is 28.4 Å². The zero-order valence-electron chi connectivity index (χ0n) is 73.6. The molecule has 28 nitrogen and oxygen atoms in total. The lowest BCUT2D eigenvalue weighted by molar-refractivity contribution is -0.113. The van der Waals surface area contributed by atoms with Crippen LogP contribution in [-0.2, 0) is 22.5 Å². The van der Waals surface area contributed by atoms with Gasteiger partial charge in [0.1, 0.15) is 5.82 Å². The maximum atomic E-state index is 12.6. The van der Waals surface area contributed by atoms with Crippen LogP contribution in [0.25, 0.3) is 61.9 Å². The van der Waals surface area contributed by atoms with Crippen LogP contribution in [0.5, 0.6) is 0 Å². The number of H-pyrrole nitrogens is 3. The van der Waals surface area contributed by atoms with Crippen LogP contribution in [0, 0.1) is 6.92 Å². The number of benzene rings is 5. The molecular formula is C104H101N21O7. The van der Waals surface area contributed by atoms with Gasteiger partial charge in [-0.1, -0.05) is 60.7 Å². The van der Waals surface area contributed by atoms with E-state index in [0.29, 0.717) is 36.7 Å². The number of piperazine rings is 1. The Morgan fingerprint density at radius 3 is 1.35 bits per heavy atom. The summed E-state index contributed by atoms with van der Waals surface area (Å²) in [5.41, 5.74) is 23.8. The molecule has 0 bridgehead atoms. The number of imidazole rings is 4. The van der Waals surface area contributed by atoms with Crippen LogP contribution in [0.2, 0.25) is 0 Å². The Bertz CT molecular complexity index is 7180. The molecule has 2 aliphatic heterocycles. The number of hydrogen-bond donors (Lipinski definition) is 9. The highest BCUT2D eigenvalue weighted by atomic mass is 16.5. The summed E-state index contributed by atoms with van der Waals surface area (Å²) in [5, 5.41) is 19.7. The number of rotatable bonds is 25. The van der Waals surface area contributed by atoms with Crippen molar-refractivity contribution in [1.29, 1.82) is 0 Å². The average Bonchev–Trinajstić information content (AvgIpc) is 1.61. The predicted molar refractivity (Wildman–Crippen MR) is 523 cm³/mol.